The number of nitrogens with zero attached hydrogens (tertiary/aromatic N) is 1. The second-order valence-electron chi connectivity index (χ2n) is 7.95. The molecule has 12 nitrogen and oxygen atoms in total. The molecule has 0 unspecified atom stereocenters. The van der Waals surface area contributed by atoms with Crippen molar-refractivity contribution in [3.63, 3.8) is 0 Å². The van der Waals surface area contributed by atoms with E-state index in [1.807, 2.05) is 30.3 Å². The molecule has 0 spiro atoms. The van der Waals surface area contributed by atoms with Gasteiger partial charge in [-0.15, -0.1) is 0 Å². The minimum Gasteiger partial charge on any atom is -0.481 e. The van der Waals surface area contributed by atoms with Crippen LogP contribution < -0.4 is 27.8 Å². The minimum atomic E-state index is -1.61. The van der Waals surface area contributed by atoms with E-state index in [2.05, 4.69) is 15.6 Å². The number of rotatable bonds is 13. The maximum Gasteiger partial charge on any atom is 0.326 e. The van der Waals surface area contributed by atoms with Gasteiger partial charge in [-0.3, -0.25) is 19.4 Å². The first-order valence-electron chi connectivity index (χ1n) is 10.9. The van der Waals surface area contributed by atoms with Gasteiger partial charge in [0.25, 0.3) is 0 Å². The molecule has 0 aliphatic carbocycles. The van der Waals surface area contributed by atoms with E-state index in [4.69, 9.17) is 22.3 Å². The van der Waals surface area contributed by atoms with Gasteiger partial charge in [-0.05, 0) is 29.2 Å². The summed E-state index contributed by atoms with van der Waals surface area (Å²) in [5.41, 5.74) is 17.2. The maximum absolute atomic E-state index is 12.8. The molecular formula is C23H30N6O6. The number of nitrogens with one attached hydrogen (secondary N) is 2. The average molecular weight is 487 g/mol. The van der Waals surface area contributed by atoms with Crippen LogP contribution in [0, 0.1) is 0 Å². The highest BCUT2D eigenvalue weighted by atomic mass is 16.4. The van der Waals surface area contributed by atoms with Gasteiger partial charge in [-0.2, -0.15) is 0 Å². The third kappa shape index (κ3) is 8.59. The topological polar surface area (TPSA) is 223 Å². The van der Waals surface area contributed by atoms with Gasteiger partial charge in [0.15, 0.2) is 5.96 Å². The fourth-order valence-corrected chi connectivity index (χ4v) is 3.54. The third-order valence-corrected chi connectivity index (χ3v) is 5.22. The highest BCUT2D eigenvalue weighted by molar-refractivity contribution is 5.90. The maximum atomic E-state index is 12.8. The van der Waals surface area contributed by atoms with Gasteiger partial charge in [-0.25, -0.2) is 4.79 Å². The van der Waals surface area contributed by atoms with Gasteiger partial charge in [0, 0.05) is 6.54 Å². The highest BCUT2D eigenvalue weighted by Gasteiger charge is 2.27. The largest absolute Gasteiger partial charge is 0.481 e. The van der Waals surface area contributed by atoms with Crippen LogP contribution in [-0.2, 0) is 19.2 Å². The first-order chi connectivity index (χ1) is 16.6. The molecule has 2 aromatic rings. The van der Waals surface area contributed by atoms with Crippen molar-refractivity contribution < 1.29 is 29.4 Å². The number of fused-ring (bicyclic) bond motifs is 1. The smallest absolute Gasteiger partial charge is 0.326 e. The number of benzene rings is 2. The lowest BCUT2D eigenvalue weighted by molar-refractivity contribution is -0.147. The lowest BCUT2D eigenvalue weighted by Gasteiger charge is -2.23. The number of amides is 2. The van der Waals surface area contributed by atoms with E-state index in [1.165, 1.54) is 0 Å². The molecule has 188 valence electrons. The van der Waals surface area contributed by atoms with Crippen molar-refractivity contribution in [3.05, 3.63) is 48.0 Å². The monoisotopic (exact) mass is 486 g/mol. The zero-order valence-corrected chi connectivity index (χ0v) is 19.0. The Bertz CT molecular complexity index is 1100. The van der Waals surface area contributed by atoms with E-state index in [0.717, 1.165) is 10.8 Å². The number of hydrogen-bond donors (Lipinski definition) is 7. The van der Waals surface area contributed by atoms with Crippen molar-refractivity contribution in [2.75, 3.05) is 6.54 Å². The van der Waals surface area contributed by atoms with Crippen LogP contribution in [0.4, 0.5) is 0 Å². The third-order valence-electron chi connectivity index (χ3n) is 5.22. The van der Waals surface area contributed by atoms with Gasteiger partial charge in [0.2, 0.25) is 11.8 Å². The summed E-state index contributed by atoms with van der Waals surface area (Å²) >= 11 is 0. The van der Waals surface area contributed by atoms with Gasteiger partial charge in [0.05, 0.1) is 24.9 Å². The molecule has 0 heterocycles. The van der Waals surface area contributed by atoms with Crippen LogP contribution in [-0.4, -0.2) is 58.6 Å². The Hall–Kier alpha value is -4.19. The molecule has 0 radical (unpaired) electrons. The van der Waals surface area contributed by atoms with Gasteiger partial charge >= 0.3 is 11.9 Å². The lowest BCUT2D eigenvalue weighted by atomic mass is 9.95. The van der Waals surface area contributed by atoms with E-state index >= 15 is 0 Å². The van der Waals surface area contributed by atoms with Crippen LogP contribution in [0.2, 0.25) is 0 Å². The molecule has 0 aliphatic rings. The van der Waals surface area contributed by atoms with Gasteiger partial charge in [0.1, 0.15) is 6.04 Å². The first kappa shape index (κ1) is 27.1. The molecule has 3 atom stereocenters. The Balaban J connectivity index is 2.23. The molecule has 12 heteroatoms. The van der Waals surface area contributed by atoms with E-state index in [0.29, 0.717) is 18.5 Å². The molecular weight excluding hydrogens is 456 g/mol. The van der Waals surface area contributed by atoms with Crippen molar-refractivity contribution in [1.29, 1.82) is 0 Å². The number of carbonyl (C=O) groups is 4. The van der Waals surface area contributed by atoms with Gasteiger partial charge < -0.3 is 38.0 Å². The van der Waals surface area contributed by atoms with Crippen LogP contribution in [0.25, 0.3) is 10.8 Å². The summed E-state index contributed by atoms with van der Waals surface area (Å²) in [4.78, 5) is 51.7. The number of aliphatic imine (C=N–C) groups is 1. The first-order valence-corrected chi connectivity index (χ1v) is 10.9. The van der Waals surface area contributed by atoms with Crippen LogP contribution in [0.1, 0.15) is 37.3 Å². The zero-order chi connectivity index (χ0) is 26.0. The van der Waals surface area contributed by atoms with Crippen LogP contribution in [0.15, 0.2) is 47.5 Å². The predicted molar refractivity (Wildman–Crippen MR) is 129 cm³/mol. The molecule has 10 N–H and O–H groups in total. The summed E-state index contributed by atoms with van der Waals surface area (Å²) in [6.45, 7) is 0.304. The number of guanidine groups is 1. The van der Waals surface area contributed by atoms with Crippen molar-refractivity contribution in [3.8, 4) is 0 Å². The summed E-state index contributed by atoms with van der Waals surface area (Å²) in [6.07, 6.45) is -0.366. The highest BCUT2D eigenvalue weighted by Crippen LogP contribution is 2.26. The van der Waals surface area contributed by atoms with Crippen LogP contribution in [0.5, 0.6) is 0 Å². The molecule has 2 amide bonds. The number of aliphatic carboxylic acids is 2. The SMILES string of the molecule is NC(N)=NCCC[C@H](N)C(=O)N[C@@H](CC(=O)N[C@@H](CC(=O)O)C(=O)O)c1cccc2ccccc12. The molecule has 0 saturated carbocycles. The molecule has 0 fully saturated rings. The number of nitrogens with two attached hydrogens (primary N) is 3. The summed E-state index contributed by atoms with van der Waals surface area (Å²) < 4.78 is 0. The Morgan fingerprint density at radius 3 is 2.29 bits per heavy atom. The van der Waals surface area contributed by atoms with Gasteiger partial charge in [-0.1, -0.05) is 42.5 Å². The molecule has 2 rings (SSSR count). The zero-order valence-electron chi connectivity index (χ0n) is 19.0. The van der Waals surface area contributed by atoms with Crippen molar-refractivity contribution in [2.24, 2.45) is 22.2 Å². The Morgan fingerprint density at radius 2 is 1.63 bits per heavy atom. The fourth-order valence-electron chi connectivity index (χ4n) is 3.54. The second-order valence-corrected chi connectivity index (χ2v) is 7.95. The van der Waals surface area contributed by atoms with E-state index < -0.39 is 48.3 Å². The van der Waals surface area contributed by atoms with Crippen LogP contribution in [0.3, 0.4) is 0 Å². The fraction of sp³-hybridized carbons (Fsp3) is 0.348. The van der Waals surface area contributed by atoms with Crippen molar-refractivity contribution in [1.82, 2.24) is 10.6 Å². The number of carboxylic acid groups (broad SMARTS) is 2. The number of hydrogen-bond acceptors (Lipinski definition) is 6. The van der Waals surface area contributed by atoms with Crippen molar-refractivity contribution in [2.45, 2.75) is 43.8 Å². The second kappa shape index (κ2) is 12.9. The van der Waals surface area contributed by atoms with E-state index in [-0.39, 0.29) is 18.8 Å². The van der Waals surface area contributed by atoms with E-state index in [9.17, 15) is 24.3 Å². The molecule has 35 heavy (non-hydrogen) atoms. The molecule has 0 aromatic heterocycles. The lowest BCUT2D eigenvalue weighted by Crippen LogP contribution is -2.46. The van der Waals surface area contributed by atoms with E-state index in [1.54, 1.807) is 12.1 Å². The van der Waals surface area contributed by atoms with Crippen LogP contribution >= 0.6 is 0 Å². The standard InChI is InChI=1S/C23H30N6O6/c24-16(9-4-10-27-23(25)26)21(33)29-17(11-19(30)28-18(22(34)35)12-20(31)32)15-8-3-6-13-5-1-2-7-14(13)15/h1-3,5-8,16-18H,4,9-12,24H2,(H,28,30)(H,29,33)(H,31,32)(H,34,35)(H4,25,26,27)/t16-,17-,18-/m0/s1. The number of carbonyl (C=O) groups excluding carboxylic acids is 2. The molecule has 0 saturated heterocycles. The summed E-state index contributed by atoms with van der Waals surface area (Å²) in [5.74, 6) is -4.16. The quantitative estimate of drug-likeness (QED) is 0.113. The Labute approximate surface area is 201 Å². The molecule has 0 bridgehead atoms. The predicted octanol–water partition coefficient (Wildman–Crippen LogP) is -0.188. The summed E-state index contributed by atoms with van der Waals surface area (Å²) in [5, 5.41) is 24.8. The Kier molecular flexibility index (Phi) is 9.97. The normalized spacial score (nSPS) is 13.3. The molecule has 2 aromatic carbocycles. The minimum absolute atomic E-state index is 0.0624. The number of carboxylic acids is 2. The van der Waals surface area contributed by atoms with Crippen molar-refractivity contribution >= 4 is 40.5 Å². The average Bonchev–Trinajstić information content (AvgIpc) is 2.79. The summed E-state index contributed by atoms with van der Waals surface area (Å²) in [7, 11) is 0. The molecule has 0 aliphatic heterocycles. The summed E-state index contributed by atoms with van der Waals surface area (Å²) in [6, 6.07) is 9.41. The Morgan fingerprint density at radius 1 is 0.943 bits per heavy atom.